The molecule has 5 heteroatoms. The van der Waals surface area contributed by atoms with Crippen LogP contribution in [0.2, 0.25) is 0 Å². The average molecular weight is 231 g/mol. The van der Waals surface area contributed by atoms with E-state index < -0.39 is 12.3 Å². The van der Waals surface area contributed by atoms with E-state index in [1.54, 1.807) is 0 Å². The molecule has 1 amide bonds. The largest absolute Gasteiger partial charge is 0.330 e. The number of thiophene rings is 1. The average Bonchev–Trinajstić information content (AvgIpc) is 2.92. The Balaban J connectivity index is 2.03. The van der Waals surface area contributed by atoms with Crippen LogP contribution < -0.4 is 0 Å². The van der Waals surface area contributed by atoms with Gasteiger partial charge in [-0.05, 0) is 35.2 Å². The first kappa shape index (κ1) is 10.5. The Morgan fingerprint density at radius 2 is 2.33 bits per heavy atom. The van der Waals surface area contributed by atoms with Crippen molar-refractivity contribution in [2.75, 3.05) is 0 Å². The van der Waals surface area contributed by atoms with Crippen molar-refractivity contribution in [3.63, 3.8) is 0 Å². The molecule has 0 atom stereocenters. The zero-order valence-electron chi connectivity index (χ0n) is 8.03. The molecule has 0 N–H and O–H groups in total. The van der Waals surface area contributed by atoms with E-state index in [0.29, 0.717) is 6.54 Å². The summed E-state index contributed by atoms with van der Waals surface area (Å²) in [5, 5.41) is 3.77. The third-order valence-electron chi connectivity index (χ3n) is 2.39. The SMILES string of the molecule is O=C(C(F)F)N(Cc1ccsc1)C1CC1. The highest BCUT2D eigenvalue weighted by Crippen LogP contribution is 2.29. The van der Waals surface area contributed by atoms with Gasteiger partial charge in [0.1, 0.15) is 0 Å². The number of carbonyl (C=O) groups excluding carboxylic acids is 1. The smallest absolute Gasteiger partial charge is 0.315 e. The molecule has 2 nitrogen and oxygen atoms in total. The van der Waals surface area contributed by atoms with Gasteiger partial charge in [0.2, 0.25) is 0 Å². The summed E-state index contributed by atoms with van der Waals surface area (Å²) in [5.74, 6) is -1.04. The molecule has 1 aliphatic rings. The topological polar surface area (TPSA) is 20.3 Å². The second-order valence-corrected chi connectivity index (χ2v) is 4.41. The number of hydrogen-bond acceptors (Lipinski definition) is 2. The van der Waals surface area contributed by atoms with Gasteiger partial charge in [0, 0.05) is 12.6 Å². The number of amides is 1. The Morgan fingerprint density at radius 1 is 1.60 bits per heavy atom. The maximum absolute atomic E-state index is 12.3. The maximum atomic E-state index is 12.3. The van der Waals surface area contributed by atoms with Crippen LogP contribution >= 0.6 is 11.3 Å². The Hall–Kier alpha value is -0.970. The quantitative estimate of drug-likeness (QED) is 0.779. The van der Waals surface area contributed by atoms with Crippen LogP contribution in [-0.4, -0.2) is 23.3 Å². The molecule has 1 aromatic rings. The minimum Gasteiger partial charge on any atom is -0.330 e. The van der Waals surface area contributed by atoms with Gasteiger partial charge < -0.3 is 4.90 Å². The fourth-order valence-electron chi connectivity index (χ4n) is 1.48. The van der Waals surface area contributed by atoms with Crippen molar-refractivity contribution in [2.24, 2.45) is 0 Å². The summed E-state index contributed by atoms with van der Waals surface area (Å²) in [6, 6.07) is 1.89. The second-order valence-electron chi connectivity index (χ2n) is 3.63. The molecule has 2 rings (SSSR count). The molecule has 1 heterocycles. The van der Waals surface area contributed by atoms with Gasteiger partial charge in [-0.2, -0.15) is 20.1 Å². The summed E-state index contributed by atoms with van der Waals surface area (Å²) in [4.78, 5) is 12.5. The molecule has 1 aromatic heterocycles. The lowest BCUT2D eigenvalue weighted by atomic mass is 10.3. The van der Waals surface area contributed by atoms with E-state index in [1.165, 1.54) is 16.2 Å². The van der Waals surface area contributed by atoms with Crippen molar-refractivity contribution in [1.29, 1.82) is 0 Å². The number of alkyl halides is 2. The Labute approximate surface area is 90.5 Å². The van der Waals surface area contributed by atoms with E-state index in [1.807, 2.05) is 16.8 Å². The van der Waals surface area contributed by atoms with Gasteiger partial charge in [-0.15, -0.1) is 0 Å². The molecule has 0 aliphatic heterocycles. The summed E-state index contributed by atoms with van der Waals surface area (Å²) in [5.41, 5.74) is 0.931. The van der Waals surface area contributed by atoms with Crippen LogP contribution in [-0.2, 0) is 11.3 Å². The molecule has 0 radical (unpaired) electrons. The first-order valence-electron chi connectivity index (χ1n) is 4.78. The van der Waals surface area contributed by atoms with Gasteiger partial charge in [0.05, 0.1) is 0 Å². The van der Waals surface area contributed by atoms with Crippen LogP contribution in [0.4, 0.5) is 8.78 Å². The number of hydrogen-bond donors (Lipinski definition) is 0. The van der Waals surface area contributed by atoms with Crippen LogP contribution in [0.1, 0.15) is 18.4 Å². The van der Waals surface area contributed by atoms with E-state index >= 15 is 0 Å². The van der Waals surface area contributed by atoms with Crippen molar-refractivity contribution in [1.82, 2.24) is 4.90 Å². The third kappa shape index (κ3) is 2.53. The molecule has 82 valence electrons. The zero-order chi connectivity index (χ0) is 10.8. The van der Waals surface area contributed by atoms with E-state index in [4.69, 9.17) is 0 Å². The van der Waals surface area contributed by atoms with Crippen LogP contribution in [0.15, 0.2) is 16.8 Å². The number of nitrogens with zero attached hydrogens (tertiary/aromatic N) is 1. The minimum atomic E-state index is -2.88. The summed E-state index contributed by atoms with van der Waals surface area (Å²) >= 11 is 1.51. The van der Waals surface area contributed by atoms with Gasteiger partial charge in [0.15, 0.2) is 0 Å². The van der Waals surface area contributed by atoms with Crippen LogP contribution in [0.5, 0.6) is 0 Å². The van der Waals surface area contributed by atoms with E-state index in [-0.39, 0.29) is 6.04 Å². The van der Waals surface area contributed by atoms with E-state index in [0.717, 1.165) is 18.4 Å². The molecule has 0 bridgehead atoms. The minimum absolute atomic E-state index is 0.0337. The Morgan fingerprint density at radius 3 is 2.80 bits per heavy atom. The van der Waals surface area contributed by atoms with Gasteiger partial charge in [0.25, 0.3) is 5.91 Å². The third-order valence-corrected chi connectivity index (χ3v) is 3.12. The summed E-state index contributed by atoms with van der Waals surface area (Å²) < 4.78 is 24.6. The molecule has 0 spiro atoms. The lowest BCUT2D eigenvalue weighted by Gasteiger charge is -2.21. The van der Waals surface area contributed by atoms with Crippen molar-refractivity contribution < 1.29 is 13.6 Å². The van der Waals surface area contributed by atoms with Crippen molar-refractivity contribution >= 4 is 17.2 Å². The van der Waals surface area contributed by atoms with Crippen molar-refractivity contribution in [2.45, 2.75) is 31.9 Å². The van der Waals surface area contributed by atoms with Crippen LogP contribution in [0.25, 0.3) is 0 Å². The number of rotatable bonds is 4. The molecule has 1 fully saturated rings. The van der Waals surface area contributed by atoms with Crippen molar-refractivity contribution in [3.8, 4) is 0 Å². The maximum Gasteiger partial charge on any atom is 0.315 e. The van der Waals surface area contributed by atoms with Gasteiger partial charge in [-0.3, -0.25) is 4.79 Å². The Bertz CT molecular complexity index is 335. The normalized spacial score (nSPS) is 15.7. The number of carbonyl (C=O) groups is 1. The summed E-state index contributed by atoms with van der Waals surface area (Å²) in [7, 11) is 0. The molecule has 1 saturated carbocycles. The fourth-order valence-corrected chi connectivity index (χ4v) is 2.14. The molecule has 0 saturated heterocycles. The van der Waals surface area contributed by atoms with Gasteiger partial charge >= 0.3 is 6.43 Å². The standard InChI is InChI=1S/C10H11F2NOS/c11-9(12)10(14)13(8-1-2-8)5-7-3-4-15-6-7/h3-4,6,8-9H,1-2,5H2. The van der Waals surface area contributed by atoms with Gasteiger partial charge in [-0.1, -0.05) is 0 Å². The summed E-state index contributed by atoms with van der Waals surface area (Å²) in [6.07, 6.45) is -1.19. The van der Waals surface area contributed by atoms with Crippen LogP contribution in [0.3, 0.4) is 0 Å². The predicted molar refractivity (Wildman–Crippen MR) is 53.9 cm³/mol. The first-order valence-corrected chi connectivity index (χ1v) is 5.72. The first-order chi connectivity index (χ1) is 7.18. The monoisotopic (exact) mass is 231 g/mol. The second kappa shape index (κ2) is 4.26. The molecule has 0 unspecified atom stereocenters. The highest BCUT2D eigenvalue weighted by molar-refractivity contribution is 7.07. The van der Waals surface area contributed by atoms with Crippen molar-refractivity contribution in [3.05, 3.63) is 22.4 Å². The van der Waals surface area contributed by atoms with Gasteiger partial charge in [-0.25, -0.2) is 0 Å². The van der Waals surface area contributed by atoms with Crippen LogP contribution in [0, 0.1) is 0 Å². The van der Waals surface area contributed by atoms with E-state index in [9.17, 15) is 13.6 Å². The lowest BCUT2D eigenvalue weighted by Crippen LogP contribution is -2.36. The molecular formula is C10H11F2NOS. The summed E-state index contributed by atoms with van der Waals surface area (Å²) in [6.45, 7) is 0.317. The molecular weight excluding hydrogens is 220 g/mol. The zero-order valence-corrected chi connectivity index (χ0v) is 8.84. The highest BCUT2D eigenvalue weighted by atomic mass is 32.1. The number of halogens is 2. The molecule has 0 aromatic carbocycles. The molecule has 1 aliphatic carbocycles. The predicted octanol–water partition coefficient (Wildman–Crippen LogP) is 2.50. The van der Waals surface area contributed by atoms with E-state index in [2.05, 4.69) is 0 Å². The Kier molecular flexibility index (Phi) is 3.00. The lowest BCUT2D eigenvalue weighted by molar-refractivity contribution is -0.144. The fraction of sp³-hybridized carbons (Fsp3) is 0.500. The molecule has 15 heavy (non-hydrogen) atoms. The highest BCUT2D eigenvalue weighted by Gasteiger charge is 2.36.